The van der Waals surface area contributed by atoms with E-state index < -0.39 is 35.3 Å². The van der Waals surface area contributed by atoms with Crippen LogP contribution in [0.2, 0.25) is 0 Å². The molecule has 0 saturated heterocycles. The summed E-state index contributed by atoms with van der Waals surface area (Å²) in [6, 6.07) is 5.14. The Morgan fingerprint density at radius 3 is 2.35 bits per heavy atom. The Morgan fingerprint density at radius 1 is 1.23 bits per heavy atom. The first-order valence-corrected chi connectivity index (χ1v) is 8.01. The molecule has 1 aromatic heterocycles. The Bertz CT molecular complexity index is 803. The number of halogens is 3. The Labute approximate surface area is 149 Å². The summed E-state index contributed by atoms with van der Waals surface area (Å²) in [5.41, 5.74) is -1.18. The molecule has 1 aromatic carbocycles. The van der Waals surface area contributed by atoms with Crippen molar-refractivity contribution in [1.82, 2.24) is 10.3 Å². The molecule has 0 aliphatic heterocycles. The second-order valence-corrected chi connectivity index (χ2v) is 6.36. The van der Waals surface area contributed by atoms with Crippen molar-refractivity contribution in [3.8, 4) is 11.3 Å². The van der Waals surface area contributed by atoms with Gasteiger partial charge in [0.25, 0.3) is 0 Å². The molecule has 140 valence electrons. The summed E-state index contributed by atoms with van der Waals surface area (Å²) in [5.74, 6) is -1.48. The van der Waals surface area contributed by atoms with Crippen molar-refractivity contribution in [1.29, 1.82) is 0 Å². The zero-order chi connectivity index (χ0) is 19.5. The number of aliphatic hydroxyl groups is 1. The third-order valence-electron chi connectivity index (χ3n) is 3.24. The quantitative estimate of drug-likeness (QED) is 0.628. The summed E-state index contributed by atoms with van der Waals surface area (Å²) in [6.07, 6.45) is -4.50. The van der Waals surface area contributed by atoms with E-state index in [0.717, 1.165) is 6.92 Å². The molecule has 0 radical (unpaired) electrons. The van der Waals surface area contributed by atoms with Crippen molar-refractivity contribution in [2.45, 2.75) is 18.7 Å². The molecule has 0 saturated carbocycles. The number of nitrogens with zero attached hydrogens (tertiary/aromatic N) is 1. The monoisotopic (exact) mass is 389 g/mol. The lowest BCUT2D eigenvalue weighted by Gasteiger charge is -2.18. The van der Waals surface area contributed by atoms with Crippen molar-refractivity contribution in [2.75, 3.05) is 11.9 Å². The number of anilines is 1. The van der Waals surface area contributed by atoms with Gasteiger partial charge in [-0.15, -0.1) is 11.3 Å². The van der Waals surface area contributed by atoms with Crippen LogP contribution in [0, 0.1) is 0 Å². The van der Waals surface area contributed by atoms with Gasteiger partial charge in [-0.2, -0.15) is 13.2 Å². The van der Waals surface area contributed by atoms with Gasteiger partial charge >= 0.3 is 18.2 Å². The maximum atomic E-state index is 12.6. The van der Waals surface area contributed by atoms with Gasteiger partial charge in [0.1, 0.15) is 0 Å². The number of amides is 2. The fourth-order valence-electron chi connectivity index (χ4n) is 1.76. The summed E-state index contributed by atoms with van der Waals surface area (Å²) in [6.45, 7) is 0.527. The number of thiazole rings is 1. The molecule has 1 unspecified atom stereocenters. The van der Waals surface area contributed by atoms with Crippen molar-refractivity contribution < 1.29 is 33.0 Å². The largest absolute Gasteiger partial charge is 0.479 e. The van der Waals surface area contributed by atoms with Crippen LogP contribution in [0.4, 0.5) is 23.7 Å². The number of carboxylic acid groups (broad SMARTS) is 1. The van der Waals surface area contributed by atoms with Crippen molar-refractivity contribution in [3.63, 3.8) is 0 Å². The standard InChI is InChI=1S/C15H14F3N3O4S/c1-14(25,12(22)23)7-19-13(24)20-9-4-2-8(3-5-9)10-6-26-11(21-10)15(16,17)18/h2-6,25H,7H2,1H3,(H,22,23)(H2,19,20,24). The lowest BCUT2D eigenvalue weighted by Crippen LogP contribution is -2.47. The number of aliphatic carboxylic acids is 1. The van der Waals surface area contributed by atoms with Gasteiger partial charge in [0, 0.05) is 16.6 Å². The number of alkyl halides is 3. The fraction of sp³-hybridized carbons (Fsp3) is 0.267. The molecule has 7 nitrogen and oxygen atoms in total. The molecule has 0 aliphatic rings. The van der Waals surface area contributed by atoms with Crippen LogP contribution in [0.25, 0.3) is 11.3 Å². The average Bonchev–Trinajstić information content (AvgIpc) is 3.04. The number of hydrogen-bond acceptors (Lipinski definition) is 5. The third-order valence-corrected chi connectivity index (χ3v) is 4.13. The van der Waals surface area contributed by atoms with E-state index in [4.69, 9.17) is 5.11 Å². The molecule has 0 bridgehead atoms. The molecule has 0 fully saturated rings. The third kappa shape index (κ3) is 4.92. The van der Waals surface area contributed by atoms with E-state index in [0.29, 0.717) is 22.6 Å². The molecule has 1 atom stereocenters. The first-order chi connectivity index (χ1) is 12.0. The van der Waals surface area contributed by atoms with Gasteiger partial charge in [0.15, 0.2) is 10.6 Å². The molecule has 2 amide bonds. The number of hydrogen-bond donors (Lipinski definition) is 4. The van der Waals surface area contributed by atoms with Crippen molar-refractivity contribution in [2.24, 2.45) is 0 Å². The summed E-state index contributed by atoms with van der Waals surface area (Å²) < 4.78 is 37.7. The number of carbonyl (C=O) groups excluding carboxylic acids is 1. The van der Waals surface area contributed by atoms with Crippen LogP contribution in [0.1, 0.15) is 11.9 Å². The number of rotatable bonds is 5. The number of carbonyl (C=O) groups is 2. The van der Waals surface area contributed by atoms with Gasteiger partial charge < -0.3 is 20.8 Å². The summed E-state index contributed by atoms with van der Waals surface area (Å²) in [4.78, 5) is 25.9. The highest BCUT2D eigenvalue weighted by molar-refractivity contribution is 7.10. The molecule has 1 heterocycles. The van der Waals surface area contributed by atoms with Gasteiger partial charge in [-0.3, -0.25) is 0 Å². The summed E-state index contributed by atoms with van der Waals surface area (Å²) in [7, 11) is 0. The minimum absolute atomic E-state index is 0.163. The van der Waals surface area contributed by atoms with E-state index in [1.807, 2.05) is 0 Å². The van der Waals surface area contributed by atoms with Gasteiger partial charge in [-0.25, -0.2) is 14.6 Å². The molecule has 0 spiro atoms. The van der Waals surface area contributed by atoms with Crippen LogP contribution >= 0.6 is 11.3 Å². The number of carboxylic acids is 1. The van der Waals surface area contributed by atoms with Crippen molar-refractivity contribution >= 4 is 29.0 Å². The van der Waals surface area contributed by atoms with Crippen LogP contribution in [-0.4, -0.2) is 39.3 Å². The Balaban J connectivity index is 1.98. The molecule has 11 heteroatoms. The summed E-state index contributed by atoms with van der Waals surface area (Å²) >= 11 is 0.490. The van der Waals surface area contributed by atoms with Crippen LogP contribution in [0.5, 0.6) is 0 Å². The Hall–Kier alpha value is -2.66. The van der Waals surface area contributed by atoms with Crippen LogP contribution in [0.15, 0.2) is 29.6 Å². The molecule has 0 aliphatic carbocycles. The molecule has 4 N–H and O–H groups in total. The number of aromatic nitrogens is 1. The maximum Gasteiger partial charge on any atom is 0.443 e. The van der Waals surface area contributed by atoms with Crippen molar-refractivity contribution in [3.05, 3.63) is 34.7 Å². The molecular formula is C15H14F3N3O4S. The van der Waals surface area contributed by atoms with Crippen LogP contribution < -0.4 is 10.6 Å². The minimum atomic E-state index is -4.50. The number of urea groups is 1. The SMILES string of the molecule is CC(O)(CNC(=O)Nc1ccc(-c2csc(C(F)(F)F)n2)cc1)C(=O)O. The minimum Gasteiger partial charge on any atom is -0.479 e. The second kappa shape index (κ2) is 7.30. The van der Waals surface area contributed by atoms with Crippen LogP contribution in [-0.2, 0) is 11.0 Å². The highest BCUT2D eigenvalue weighted by Gasteiger charge is 2.34. The van der Waals surface area contributed by atoms with Gasteiger partial charge in [0.05, 0.1) is 12.2 Å². The lowest BCUT2D eigenvalue weighted by molar-refractivity contribution is -0.155. The summed E-state index contributed by atoms with van der Waals surface area (Å²) in [5, 5.41) is 23.2. The molecule has 26 heavy (non-hydrogen) atoms. The molecule has 2 aromatic rings. The van der Waals surface area contributed by atoms with Gasteiger partial charge in [-0.05, 0) is 19.1 Å². The predicted octanol–water partition coefficient (Wildman–Crippen LogP) is 2.79. The van der Waals surface area contributed by atoms with E-state index >= 15 is 0 Å². The van der Waals surface area contributed by atoms with E-state index in [9.17, 15) is 27.9 Å². The highest BCUT2D eigenvalue weighted by Crippen LogP contribution is 2.34. The number of nitrogens with one attached hydrogen (secondary N) is 2. The van der Waals surface area contributed by atoms with Crippen LogP contribution in [0.3, 0.4) is 0 Å². The first kappa shape index (κ1) is 19.7. The van der Waals surface area contributed by atoms with Gasteiger partial charge in [0.2, 0.25) is 0 Å². The first-order valence-electron chi connectivity index (χ1n) is 7.13. The topological polar surface area (TPSA) is 112 Å². The highest BCUT2D eigenvalue weighted by atomic mass is 32.1. The fourth-order valence-corrected chi connectivity index (χ4v) is 2.46. The lowest BCUT2D eigenvalue weighted by atomic mass is 10.1. The maximum absolute atomic E-state index is 12.6. The molecular weight excluding hydrogens is 375 g/mol. The van der Waals surface area contributed by atoms with E-state index in [2.05, 4.69) is 15.6 Å². The van der Waals surface area contributed by atoms with Gasteiger partial charge in [-0.1, -0.05) is 12.1 Å². The van der Waals surface area contributed by atoms with E-state index in [1.54, 1.807) is 0 Å². The number of benzene rings is 1. The van der Waals surface area contributed by atoms with E-state index in [-0.39, 0.29) is 5.69 Å². The zero-order valence-electron chi connectivity index (χ0n) is 13.3. The Kier molecular flexibility index (Phi) is 5.52. The predicted molar refractivity (Wildman–Crippen MR) is 87.8 cm³/mol. The second-order valence-electron chi connectivity index (χ2n) is 5.50. The average molecular weight is 389 g/mol. The smallest absolute Gasteiger partial charge is 0.443 e. The van der Waals surface area contributed by atoms with E-state index in [1.165, 1.54) is 29.6 Å². The Morgan fingerprint density at radius 2 is 1.85 bits per heavy atom. The zero-order valence-corrected chi connectivity index (χ0v) is 14.1. The normalized spacial score (nSPS) is 13.7. The molecule has 2 rings (SSSR count).